The number of fused-ring (bicyclic) bond motifs is 1. The monoisotopic (exact) mass is 539 g/mol. The van der Waals surface area contributed by atoms with Gasteiger partial charge in [0.2, 0.25) is 0 Å². The van der Waals surface area contributed by atoms with Gasteiger partial charge in [-0.2, -0.15) is 0 Å². The number of hydrogen-bond acceptors (Lipinski definition) is 5. The highest BCUT2D eigenvalue weighted by Gasteiger charge is 2.23. The molecular weight excluding hydrogens is 514 g/mol. The number of halogens is 1. The SMILES string of the molecule is CCn1c(S(=O)Cc2c(NC(=O)c3ccccc3C(=O)O)cc(C)c(OC)c2C)nc2cc(Cl)ccc21. The Labute approximate surface area is 221 Å². The molecule has 0 aliphatic rings. The Hall–Kier alpha value is -3.69. The van der Waals surface area contributed by atoms with Gasteiger partial charge >= 0.3 is 5.97 Å². The van der Waals surface area contributed by atoms with E-state index in [0.717, 1.165) is 16.6 Å². The summed E-state index contributed by atoms with van der Waals surface area (Å²) in [6.45, 7) is 6.18. The van der Waals surface area contributed by atoms with Crippen LogP contribution in [0.25, 0.3) is 11.0 Å². The number of carbonyl (C=O) groups excluding carboxylic acids is 1. The number of amides is 1. The van der Waals surface area contributed by atoms with Gasteiger partial charge in [-0.05, 0) is 73.9 Å². The van der Waals surface area contributed by atoms with Crippen molar-refractivity contribution >= 4 is 51.0 Å². The van der Waals surface area contributed by atoms with Gasteiger partial charge in [0, 0.05) is 17.3 Å². The number of nitrogens with one attached hydrogen (secondary N) is 1. The molecule has 4 rings (SSSR count). The van der Waals surface area contributed by atoms with Crippen LogP contribution in [0.3, 0.4) is 0 Å². The largest absolute Gasteiger partial charge is 0.496 e. The summed E-state index contributed by atoms with van der Waals surface area (Å²) in [4.78, 5) is 29.4. The molecule has 4 aromatic rings. The molecule has 37 heavy (non-hydrogen) atoms. The molecule has 1 atom stereocenters. The molecule has 0 aliphatic carbocycles. The smallest absolute Gasteiger partial charge is 0.336 e. The van der Waals surface area contributed by atoms with E-state index in [9.17, 15) is 18.9 Å². The van der Waals surface area contributed by atoms with Crippen molar-refractivity contribution in [2.75, 3.05) is 12.4 Å². The molecule has 1 amide bonds. The lowest BCUT2D eigenvalue weighted by Gasteiger charge is -2.19. The topological polar surface area (TPSA) is 111 Å². The summed E-state index contributed by atoms with van der Waals surface area (Å²) in [6.07, 6.45) is 0. The minimum absolute atomic E-state index is 0.0258. The first-order valence-electron chi connectivity index (χ1n) is 11.5. The standard InChI is InChI=1S/C27H26ClN3O5S/c1-5-31-23-11-10-17(28)13-22(23)30-27(31)37(35)14-20-16(3)24(36-4)15(2)12-21(20)29-25(32)18-8-6-7-9-19(18)26(33)34/h6-13H,5,14H2,1-4H3,(H,29,32)(H,33,34). The Balaban J connectivity index is 1.77. The minimum atomic E-state index is -1.59. The number of aromatic carboxylic acids is 1. The van der Waals surface area contributed by atoms with E-state index in [0.29, 0.717) is 39.2 Å². The summed E-state index contributed by atoms with van der Waals surface area (Å²) in [6, 6.07) is 13.1. The number of carboxylic acid groups (broad SMARTS) is 1. The normalized spacial score (nSPS) is 11.9. The van der Waals surface area contributed by atoms with Crippen molar-refractivity contribution in [3.8, 4) is 5.75 Å². The molecule has 0 saturated carbocycles. The maximum absolute atomic E-state index is 13.7. The van der Waals surface area contributed by atoms with Crippen LogP contribution in [-0.2, 0) is 23.1 Å². The summed E-state index contributed by atoms with van der Waals surface area (Å²) >= 11 is 6.14. The molecule has 1 heterocycles. The van der Waals surface area contributed by atoms with Crippen molar-refractivity contribution in [3.63, 3.8) is 0 Å². The van der Waals surface area contributed by atoms with Crippen LogP contribution in [0.4, 0.5) is 5.69 Å². The molecule has 0 spiro atoms. The van der Waals surface area contributed by atoms with E-state index in [1.54, 1.807) is 37.4 Å². The van der Waals surface area contributed by atoms with Crippen LogP contribution in [0.1, 0.15) is 44.3 Å². The lowest BCUT2D eigenvalue weighted by atomic mass is 10.0. The summed E-state index contributed by atoms with van der Waals surface area (Å²) in [5.74, 6) is -1.11. The highest BCUT2D eigenvalue weighted by Crippen LogP contribution is 2.34. The van der Waals surface area contributed by atoms with Crippen LogP contribution in [-0.4, -0.2) is 37.9 Å². The fourth-order valence-corrected chi connectivity index (χ4v) is 6.03. The van der Waals surface area contributed by atoms with E-state index in [1.165, 1.54) is 12.1 Å². The Kier molecular flexibility index (Phi) is 7.65. The van der Waals surface area contributed by atoms with Crippen LogP contribution in [0, 0.1) is 13.8 Å². The number of imidazole rings is 1. The fraction of sp³-hybridized carbons (Fsp3) is 0.222. The number of methoxy groups -OCH3 is 1. The Morgan fingerprint density at radius 3 is 2.49 bits per heavy atom. The van der Waals surface area contributed by atoms with Gasteiger partial charge in [0.25, 0.3) is 5.91 Å². The molecule has 0 bridgehead atoms. The molecule has 3 aromatic carbocycles. The number of anilines is 1. The fourth-order valence-electron chi connectivity index (χ4n) is 4.43. The van der Waals surface area contributed by atoms with Gasteiger partial charge in [-0.25, -0.2) is 9.78 Å². The van der Waals surface area contributed by atoms with Gasteiger partial charge in [0.05, 0.1) is 45.8 Å². The number of benzene rings is 3. The molecular formula is C27H26ClN3O5S. The number of hydrogen-bond donors (Lipinski definition) is 2. The third-order valence-electron chi connectivity index (χ3n) is 6.16. The van der Waals surface area contributed by atoms with Crippen LogP contribution in [0.5, 0.6) is 5.75 Å². The number of rotatable bonds is 8. The van der Waals surface area contributed by atoms with Crippen LogP contribution >= 0.6 is 11.6 Å². The minimum Gasteiger partial charge on any atom is -0.496 e. The third-order valence-corrected chi connectivity index (χ3v) is 7.67. The summed E-state index contributed by atoms with van der Waals surface area (Å²) < 4.78 is 21.2. The second-order valence-corrected chi connectivity index (χ2v) is 10.2. The van der Waals surface area contributed by atoms with Crippen molar-refractivity contribution in [1.29, 1.82) is 0 Å². The van der Waals surface area contributed by atoms with E-state index in [-0.39, 0.29) is 16.9 Å². The Morgan fingerprint density at radius 1 is 1.14 bits per heavy atom. The number of ether oxygens (including phenoxy) is 1. The number of nitrogens with zero attached hydrogens (tertiary/aromatic N) is 2. The molecule has 8 nitrogen and oxygen atoms in total. The first kappa shape index (κ1) is 26.4. The van der Waals surface area contributed by atoms with Crippen LogP contribution in [0.2, 0.25) is 5.02 Å². The average Bonchev–Trinajstić information content (AvgIpc) is 3.24. The highest BCUT2D eigenvalue weighted by molar-refractivity contribution is 7.84. The molecule has 0 saturated heterocycles. The zero-order valence-corrected chi connectivity index (χ0v) is 22.4. The maximum Gasteiger partial charge on any atom is 0.336 e. The van der Waals surface area contributed by atoms with Gasteiger partial charge in [-0.3, -0.25) is 9.00 Å². The van der Waals surface area contributed by atoms with E-state index in [4.69, 9.17) is 16.3 Å². The van der Waals surface area contributed by atoms with Crippen molar-refractivity contribution in [2.24, 2.45) is 0 Å². The van der Waals surface area contributed by atoms with Gasteiger partial charge in [0.15, 0.2) is 5.16 Å². The lowest BCUT2D eigenvalue weighted by molar-refractivity contribution is 0.0692. The summed E-state index contributed by atoms with van der Waals surface area (Å²) in [5, 5.41) is 13.3. The molecule has 2 N–H and O–H groups in total. The molecule has 0 radical (unpaired) electrons. The van der Waals surface area contributed by atoms with Gasteiger partial charge in [-0.1, -0.05) is 23.7 Å². The summed E-state index contributed by atoms with van der Waals surface area (Å²) in [7, 11) is -0.0325. The van der Waals surface area contributed by atoms with Gasteiger partial charge in [0.1, 0.15) is 5.75 Å². The quantitative estimate of drug-likeness (QED) is 0.302. The molecule has 1 unspecified atom stereocenters. The average molecular weight is 540 g/mol. The first-order valence-corrected chi connectivity index (χ1v) is 13.2. The van der Waals surface area contributed by atoms with E-state index in [1.807, 2.05) is 31.4 Å². The first-order chi connectivity index (χ1) is 17.7. The van der Waals surface area contributed by atoms with E-state index < -0.39 is 22.7 Å². The predicted octanol–water partition coefficient (Wildman–Crippen LogP) is 5.59. The number of carbonyl (C=O) groups is 2. The Morgan fingerprint density at radius 2 is 1.84 bits per heavy atom. The molecule has 0 fully saturated rings. The van der Waals surface area contributed by atoms with Crippen molar-refractivity contribution in [2.45, 2.75) is 38.2 Å². The number of carboxylic acids is 1. The lowest BCUT2D eigenvalue weighted by Crippen LogP contribution is -2.18. The van der Waals surface area contributed by atoms with Gasteiger partial charge in [-0.15, -0.1) is 0 Å². The number of aromatic nitrogens is 2. The number of aryl methyl sites for hydroxylation is 2. The van der Waals surface area contributed by atoms with Crippen LogP contribution < -0.4 is 10.1 Å². The van der Waals surface area contributed by atoms with Crippen LogP contribution in [0.15, 0.2) is 53.7 Å². The Bertz CT molecular complexity index is 1560. The maximum atomic E-state index is 13.7. The van der Waals surface area contributed by atoms with Gasteiger partial charge < -0.3 is 19.7 Å². The zero-order valence-electron chi connectivity index (χ0n) is 20.8. The second-order valence-electron chi connectivity index (χ2n) is 8.44. The molecule has 0 aliphatic heterocycles. The van der Waals surface area contributed by atoms with E-state index in [2.05, 4.69) is 10.3 Å². The molecule has 10 heteroatoms. The summed E-state index contributed by atoms with van der Waals surface area (Å²) in [5.41, 5.74) is 3.92. The van der Waals surface area contributed by atoms with E-state index >= 15 is 0 Å². The van der Waals surface area contributed by atoms with Crippen molar-refractivity contribution in [3.05, 3.63) is 81.4 Å². The van der Waals surface area contributed by atoms with Crippen molar-refractivity contribution < 1.29 is 23.6 Å². The zero-order chi connectivity index (χ0) is 26.9. The molecule has 1 aromatic heterocycles. The predicted molar refractivity (Wildman–Crippen MR) is 144 cm³/mol. The molecule has 192 valence electrons. The van der Waals surface area contributed by atoms with Crippen molar-refractivity contribution in [1.82, 2.24) is 9.55 Å². The third kappa shape index (κ3) is 5.10. The second kappa shape index (κ2) is 10.7. The highest BCUT2D eigenvalue weighted by atomic mass is 35.5.